The van der Waals surface area contributed by atoms with Gasteiger partial charge in [0.15, 0.2) is 6.10 Å². The van der Waals surface area contributed by atoms with Crippen LogP contribution in [0.5, 0.6) is 0 Å². The van der Waals surface area contributed by atoms with Gasteiger partial charge >= 0.3 is 17.9 Å². The number of rotatable bonds is 39. The number of hydrogen-bond acceptors (Lipinski definition) is 6. The third-order valence-corrected chi connectivity index (χ3v) is 9.23. The summed E-state index contributed by atoms with van der Waals surface area (Å²) in [4.78, 5) is 37.7. The summed E-state index contributed by atoms with van der Waals surface area (Å²) < 4.78 is 16.6. The Bertz CT molecular complexity index is 1010. The highest BCUT2D eigenvalue weighted by atomic mass is 16.6. The number of hydrogen-bond donors (Lipinski definition) is 0. The second kappa shape index (κ2) is 42.8. The van der Waals surface area contributed by atoms with Crippen LogP contribution in [0.4, 0.5) is 0 Å². The van der Waals surface area contributed by atoms with E-state index < -0.39 is 6.10 Å². The third kappa shape index (κ3) is 40.3. The second-order valence-electron chi connectivity index (χ2n) is 14.6. The van der Waals surface area contributed by atoms with Gasteiger partial charge in [-0.25, -0.2) is 0 Å². The zero-order valence-electron chi connectivity index (χ0n) is 35.2. The van der Waals surface area contributed by atoms with E-state index >= 15 is 0 Å². The van der Waals surface area contributed by atoms with E-state index in [1.165, 1.54) is 57.8 Å². The molecule has 0 rings (SSSR count). The molecule has 0 aliphatic heterocycles. The highest BCUT2D eigenvalue weighted by Gasteiger charge is 2.19. The Kier molecular flexibility index (Phi) is 40.6. The van der Waals surface area contributed by atoms with Crippen LogP contribution in [0.25, 0.3) is 0 Å². The minimum absolute atomic E-state index is 0.0901. The second-order valence-corrected chi connectivity index (χ2v) is 14.6. The van der Waals surface area contributed by atoms with Crippen molar-refractivity contribution in [1.82, 2.24) is 0 Å². The Labute approximate surface area is 332 Å². The maximum atomic E-state index is 12.7. The standard InChI is InChI=1S/C48H82O6/c1-4-7-10-13-16-19-22-23-24-27-29-32-35-38-41-47(50)53-44-45(54-48(51)42-39-36-33-30-26-21-18-15-12-9-6-3)43-52-46(49)40-37-34-31-28-25-20-17-14-11-8-5-2/h7,10,14-19,23-24,45H,4-6,8-9,11-13,20-22,25-44H2,1-3H3/b10-7-,17-14-,18-15-,19-16-,24-23-. The van der Waals surface area contributed by atoms with E-state index in [1.54, 1.807) is 0 Å². The van der Waals surface area contributed by atoms with E-state index in [4.69, 9.17) is 14.2 Å². The average molecular weight is 755 g/mol. The molecule has 0 aromatic rings. The molecule has 0 radical (unpaired) electrons. The lowest BCUT2D eigenvalue weighted by Gasteiger charge is -2.18. The zero-order valence-corrected chi connectivity index (χ0v) is 35.2. The fraction of sp³-hybridized carbons (Fsp3) is 0.729. The zero-order chi connectivity index (χ0) is 39.4. The van der Waals surface area contributed by atoms with Gasteiger partial charge in [0.25, 0.3) is 0 Å². The molecule has 0 aliphatic rings. The highest BCUT2D eigenvalue weighted by molar-refractivity contribution is 5.71. The summed E-state index contributed by atoms with van der Waals surface area (Å²) >= 11 is 0. The molecule has 0 fully saturated rings. The fourth-order valence-corrected chi connectivity index (χ4v) is 5.83. The molecule has 0 aliphatic carbocycles. The van der Waals surface area contributed by atoms with Crippen LogP contribution >= 0.6 is 0 Å². The molecule has 1 atom stereocenters. The first-order valence-corrected chi connectivity index (χ1v) is 22.3. The first-order chi connectivity index (χ1) is 26.5. The highest BCUT2D eigenvalue weighted by Crippen LogP contribution is 2.13. The molecule has 54 heavy (non-hydrogen) atoms. The summed E-state index contributed by atoms with van der Waals surface area (Å²) in [6.45, 7) is 6.39. The monoisotopic (exact) mass is 755 g/mol. The summed E-state index contributed by atoms with van der Waals surface area (Å²) in [7, 11) is 0. The molecular weight excluding hydrogens is 673 g/mol. The van der Waals surface area contributed by atoms with Gasteiger partial charge in [-0.15, -0.1) is 0 Å². The van der Waals surface area contributed by atoms with Crippen molar-refractivity contribution in [2.75, 3.05) is 13.2 Å². The average Bonchev–Trinajstić information content (AvgIpc) is 3.17. The molecular formula is C48H82O6. The minimum Gasteiger partial charge on any atom is -0.462 e. The van der Waals surface area contributed by atoms with Gasteiger partial charge in [0, 0.05) is 19.3 Å². The van der Waals surface area contributed by atoms with Crippen molar-refractivity contribution in [3.63, 3.8) is 0 Å². The molecule has 0 bridgehead atoms. The Morgan fingerprint density at radius 3 is 1.15 bits per heavy atom. The number of carbonyl (C=O) groups is 3. The maximum absolute atomic E-state index is 12.7. The smallest absolute Gasteiger partial charge is 0.306 e. The number of unbranched alkanes of at least 4 members (excludes halogenated alkanes) is 18. The molecule has 0 heterocycles. The SMILES string of the molecule is CC/C=C\C/C=C\C/C=C\CCCCCCC(=O)OCC(COC(=O)CCCCCCC/C=C\CCCC)OC(=O)CCCCCCC/C=C\CCCC. The normalized spacial score (nSPS) is 12.6. The van der Waals surface area contributed by atoms with Crippen LogP contribution in [0.3, 0.4) is 0 Å². The number of ether oxygens (including phenoxy) is 3. The molecule has 0 aromatic carbocycles. The molecule has 6 heteroatoms. The van der Waals surface area contributed by atoms with Gasteiger partial charge in [0.2, 0.25) is 0 Å². The van der Waals surface area contributed by atoms with Crippen molar-refractivity contribution in [2.45, 2.75) is 213 Å². The van der Waals surface area contributed by atoms with Crippen molar-refractivity contribution in [3.8, 4) is 0 Å². The predicted molar refractivity (Wildman–Crippen MR) is 228 cm³/mol. The van der Waals surface area contributed by atoms with E-state index in [0.717, 1.165) is 109 Å². The van der Waals surface area contributed by atoms with Crippen LogP contribution < -0.4 is 0 Å². The van der Waals surface area contributed by atoms with Crippen molar-refractivity contribution in [3.05, 3.63) is 60.8 Å². The Morgan fingerprint density at radius 2 is 0.722 bits per heavy atom. The van der Waals surface area contributed by atoms with Gasteiger partial charge in [-0.2, -0.15) is 0 Å². The number of allylic oxidation sites excluding steroid dienone is 10. The molecule has 0 N–H and O–H groups in total. The van der Waals surface area contributed by atoms with Gasteiger partial charge in [-0.05, 0) is 89.9 Å². The van der Waals surface area contributed by atoms with E-state index in [-0.39, 0.29) is 31.1 Å². The van der Waals surface area contributed by atoms with Crippen molar-refractivity contribution < 1.29 is 28.6 Å². The lowest BCUT2D eigenvalue weighted by atomic mass is 10.1. The lowest BCUT2D eigenvalue weighted by molar-refractivity contribution is -0.167. The maximum Gasteiger partial charge on any atom is 0.306 e. The van der Waals surface area contributed by atoms with Gasteiger partial charge in [-0.1, -0.05) is 159 Å². The van der Waals surface area contributed by atoms with Crippen molar-refractivity contribution >= 4 is 17.9 Å². The largest absolute Gasteiger partial charge is 0.462 e. The van der Waals surface area contributed by atoms with Crippen LogP contribution in [0, 0.1) is 0 Å². The number of esters is 3. The number of carbonyl (C=O) groups excluding carboxylic acids is 3. The van der Waals surface area contributed by atoms with Gasteiger partial charge < -0.3 is 14.2 Å². The molecule has 0 saturated heterocycles. The topological polar surface area (TPSA) is 78.9 Å². The predicted octanol–water partition coefficient (Wildman–Crippen LogP) is 14.1. The molecule has 0 aromatic heterocycles. The Morgan fingerprint density at radius 1 is 0.389 bits per heavy atom. The van der Waals surface area contributed by atoms with E-state index in [9.17, 15) is 14.4 Å². The summed E-state index contributed by atoms with van der Waals surface area (Å²) in [6, 6.07) is 0. The van der Waals surface area contributed by atoms with Crippen molar-refractivity contribution in [1.29, 1.82) is 0 Å². The molecule has 0 amide bonds. The van der Waals surface area contributed by atoms with E-state index in [1.807, 2.05) is 0 Å². The van der Waals surface area contributed by atoms with Crippen LogP contribution in [-0.2, 0) is 28.6 Å². The summed E-state index contributed by atoms with van der Waals surface area (Å²) in [5.41, 5.74) is 0. The van der Waals surface area contributed by atoms with E-state index in [0.29, 0.717) is 19.3 Å². The summed E-state index contributed by atoms with van der Waals surface area (Å²) in [6.07, 6.45) is 50.6. The Hall–Kier alpha value is -2.89. The quantitative estimate of drug-likeness (QED) is 0.0269. The molecule has 1 unspecified atom stereocenters. The molecule has 0 saturated carbocycles. The Balaban J connectivity index is 4.43. The summed E-state index contributed by atoms with van der Waals surface area (Å²) in [5, 5.41) is 0. The van der Waals surface area contributed by atoms with Crippen molar-refractivity contribution in [2.24, 2.45) is 0 Å². The van der Waals surface area contributed by atoms with Gasteiger partial charge in [0.05, 0.1) is 0 Å². The molecule has 6 nitrogen and oxygen atoms in total. The van der Waals surface area contributed by atoms with Gasteiger partial charge in [0.1, 0.15) is 13.2 Å². The van der Waals surface area contributed by atoms with Crippen LogP contribution in [0.15, 0.2) is 60.8 Å². The van der Waals surface area contributed by atoms with Crippen LogP contribution in [-0.4, -0.2) is 37.2 Å². The molecule has 310 valence electrons. The summed E-state index contributed by atoms with van der Waals surface area (Å²) in [5.74, 6) is -0.938. The van der Waals surface area contributed by atoms with E-state index in [2.05, 4.69) is 81.5 Å². The first-order valence-electron chi connectivity index (χ1n) is 22.3. The van der Waals surface area contributed by atoms with Gasteiger partial charge in [-0.3, -0.25) is 14.4 Å². The van der Waals surface area contributed by atoms with Crippen LogP contribution in [0.1, 0.15) is 207 Å². The first kappa shape index (κ1) is 51.1. The third-order valence-electron chi connectivity index (χ3n) is 9.23. The van der Waals surface area contributed by atoms with Crippen LogP contribution in [0.2, 0.25) is 0 Å². The lowest BCUT2D eigenvalue weighted by Crippen LogP contribution is -2.30. The molecule has 0 spiro atoms. The fourth-order valence-electron chi connectivity index (χ4n) is 5.83. The minimum atomic E-state index is -0.787.